The van der Waals surface area contributed by atoms with Crippen molar-refractivity contribution in [3.8, 4) is 5.75 Å². The van der Waals surface area contributed by atoms with E-state index in [-0.39, 0.29) is 11.9 Å². The zero-order valence-corrected chi connectivity index (χ0v) is 19.0. The average molecular weight is 484 g/mol. The van der Waals surface area contributed by atoms with Crippen LogP contribution in [-0.2, 0) is 0 Å². The van der Waals surface area contributed by atoms with Gasteiger partial charge in [0.2, 0.25) is 0 Å². The number of rotatable bonds is 6. The second-order valence-corrected chi connectivity index (χ2v) is 7.93. The summed E-state index contributed by atoms with van der Waals surface area (Å²) >= 11 is 8.86. The van der Waals surface area contributed by atoms with Crippen LogP contribution in [0.2, 0.25) is 0 Å². The molecule has 5 nitrogen and oxygen atoms in total. The number of thiocarbonyl (C=S) groups is 1. The van der Waals surface area contributed by atoms with Crippen LogP contribution in [0.3, 0.4) is 0 Å². The average Bonchev–Trinajstić information content (AvgIpc) is 2.75. The highest BCUT2D eigenvalue weighted by Crippen LogP contribution is 2.21. The Morgan fingerprint density at radius 3 is 2.17 bits per heavy atom. The van der Waals surface area contributed by atoms with Gasteiger partial charge in [0.25, 0.3) is 5.91 Å². The van der Waals surface area contributed by atoms with Gasteiger partial charge in [0, 0.05) is 15.8 Å². The normalized spacial score (nSPS) is 11.3. The molecule has 0 heterocycles. The van der Waals surface area contributed by atoms with Gasteiger partial charge in [-0.25, -0.2) is 0 Å². The molecule has 3 aromatic carbocycles. The van der Waals surface area contributed by atoms with Crippen LogP contribution in [0.5, 0.6) is 5.75 Å². The highest BCUT2D eigenvalue weighted by Gasteiger charge is 2.12. The smallest absolute Gasteiger partial charge is 0.259 e. The fourth-order valence-electron chi connectivity index (χ4n) is 2.87. The molecular formula is C23H22BrN3O2S. The van der Waals surface area contributed by atoms with Crippen molar-refractivity contribution in [3.63, 3.8) is 0 Å². The van der Waals surface area contributed by atoms with Gasteiger partial charge in [0.15, 0.2) is 5.11 Å². The van der Waals surface area contributed by atoms with Crippen molar-refractivity contribution in [1.82, 2.24) is 5.32 Å². The lowest BCUT2D eigenvalue weighted by Gasteiger charge is -2.17. The number of methoxy groups -OCH3 is 1. The number of carbonyl (C=O) groups is 1. The lowest BCUT2D eigenvalue weighted by Crippen LogP contribution is -2.30. The van der Waals surface area contributed by atoms with E-state index in [1.807, 2.05) is 61.5 Å². The highest BCUT2D eigenvalue weighted by atomic mass is 79.9. The van der Waals surface area contributed by atoms with E-state index >= 15 is 0 Å². The fraction of sp³-hybridized carbons (Fsp3) is 0.130. The molecule has 0 saturated carbocycles. The van der Waals surface area contributed by atoms with Crippen molar-refractivity contribution in [2.24, 2.45) is 0 Å². The summed E-state index contributed by atoms with van der Waals surface area (Å²) in [6.07, 6.45) is 0. The minimum absolute atomic E-state index is 0.0671. The number of halogens is 1. The molecule has 30 heavy (non-hydrogen) atoms. The molecule has 0 spiro atoms. The van der Waals surface area contributed by atoms with Gasteiger partial charge in [-0.15, -0.1) is 0 Å². The van der Waals surface area contributed by atoms with Gasteiger partial charge in [-0.3, -0.25) is 4.79 Å². The first-order valence-corrected chi connectivity index (χ1v) is 10.5. The monoisotopic (exact) mass is 483 g/mol. The Hall–Kier alpha value is -2.90. The summed E-state index contributed by atoms with van der Waals surface area (Å²) in [4.78, 5) is 12.5. The molecule has 0 aliphatic carbocycles. The largest absolute Gasteiger partial charge is 0.496 e. The van der Waals surface area contributed by atoms with Gasteiger partial charge in [-0.05, 0) is 73.2 Å². The number of hydrogen-bond donors (Lipinski definition) is 3. The number of ether oxygens (including phenoxy) is 1. The van der Waals surface area contributed by atoms with Crippen molar-refractivity contribution < 1.29 is 9.53 Å². The van der Waals surface area contributed by atoms with Crippen LogP contribution in [0, 0.1) is 0 Å². The Morgan fingerprint density at radius 1 is 0.933 bits per heavy atom. The molecule has 0 saturated heterocycles. The second-order valence-electron chi connectivity index (χ2n) is 6.60. The van der Waals surface area contributed by atoms with Crippen molar-refractivity contribution in [1.29, 1.82) is 0 Å². The van der Waals surface area contributed by atoms with Crippen molar-refractivity contribution in [2.45, 2.75) is 13.0 Å². The zero-order chi connectivity index (χ0) is 21.5. The molecule has 1 amide bonds. The van der Waals surface area contributed by atoms with Gasteiger partial charge in [0.1, 0.15) is 5.75 Å². The third kappa shape index (κ3) is 5.81. The molecule has 3 N–H and O–H groups in total. The fourth-order valence-corrected chi connectivity index (χ4v) is 3.43. The summed E-state index contributed by atoms with van der Waals surface area (Å²) in [7, 11) is 1.54. The summed E-state index contributed by atoms with van der Waals surface area (Å²) in [6, 6.07) is 22.6. The van der Waals surface area contributed by atoms with Crippen LogP contribution < -0.4 is 20.7 Å². The Bertz CT molecular complexity index is 1020. The molecule has 1 atom stereocenters. The minimum Gasteiger partial charge on any atom is -0.496 e. The van der Waals surface area contributed by atoms with Crippen LogP contribution in [0.25, 0.3) is 0 Å². The molecule has 0 aromatic heterocycles. The minimum atomic E-state index is -0.228. The molecule has 0 aliphatic heterocycles. The lowest BCUT2D eigenvalue weighted by molar-refractivity contribution is 0.102. The molecular weight excluding hydrogens is 462 g/mol. The quantitative estimate of drug-likeness (QED) is 0.389. The van der Waals surface area contributed by atoms with Gasteiger partial charge in [-0.1, -0.05) is 40.2 Å². The Labute approximate surface area is 190 Å². The lowest BCUT2D eigenvalue weighted by atomic mass is 10.1. The number of anilines is 2. The molecule has 3 rings (SSSR count). The molecule has 0 unspecified atom stereocenters. The number of hydrogen-bond acceptors (Lipinski definition) is 3. The third-order valence-electron chi connectivity index (χ3n) is 4.47. The molecule has 7 heteroatoms. The van der Waals surface area contributed by atoms with Crippen LogP contribution in [0.4, 0.5) is 11.4 Å². The van der Waals surface area contributed by atoms with E-state index in [1.165, 1.54) is 0 Å². The van der Waals surface area contributed by atoms with Gasteiger partial charge in [-0.2, -0.15) is 0 Å². The van der Waals surface area contributed by atoms with Gasteiger partial charge in [0.05, 0.1) is 18.7 Å². The van der Waals surface area contributed by atoms with Crippen LogP contribution in [0.15, 0.2) is 77.3 Å². The maximum Gasteiger partial charge on any atom is 0.259 e. The van der Waals surface area contributed by atoms with E-state index in [0.29, 0.717) is 22.1 Å². The van der Waals surface area contributed by atoms with E-state index < -0.39 is 0 Å². The number of amides is 1. The molecule has 3 aromatic rings. The maximum atomic E-state index is 12.5. The second kappa shape index (κ2) is 10.2. The molecule has 0 radical (unpaired) electrons. The SMILES string of the molecule is COc1ccccc1C(=O)Nc1ccc(NC(=S)N[C@H](C)c2ccc(Br)cc2)cc1. The first-order chi connectivity index (χ1) is 14.5. The van der Waals surface area contributed by atoms with E-state index in [1.54, 1.807) is 25.3 Å². The van der Waals surface area contributed by atoms with E-state index in [2.05, 4.69) is 31.9 Å². The number of para-hydroxylation sites is 1. The first-order valence-electron chi connectivity index (χ1n) is 9.33. The summed E-state index contributed by atoms with van der Waals surface area (Å²) in [6.45, 7) is 2.05. The van der Waals surface area contributed by atoms with E-state index in [0.717, 1.165) is 15.7 Å². The molecule has 0 fully saturated rings. The van der Waals surface area contributed by atoms with Crippen molar-refractivity contribution >= 4 is 50.5 Å². The Balaban J connectivity index is 1.57. The number of nitrogens with one attached hydrogen (secondary N) is 3. The topological polar surface area (TPSA) is 62.4 Å². The summed E-state index contributed by atoms with van der Waals surface area (Å²) in [5, 5.41) is 9.83. The maximum absolute atomic E-state index is 12.5. The zero-order valence-electron chi connectivity index (χ0n) is 16.6. The van der Waals surface area contributed by atoms with Crippen LogP contribution in [-0.4, -0.2) is 18.1 Å². The summed E-state index contributed by atoms with van der Waals surface area (Å²) in [5.74, 6) is 0.304. The standard InChI is InChI=1S/C23H22BrN3O2S/c1-15(16-7-9-17(24)10-8-16)25-23(30)27-19-13-11-18(12-14-19)26-22(28)20-5-3-4-6-21(20)29-2/h3-15H,1-2H3,(H,26,28)(H2,25,27,30)/t15-/m1/s1. The predicted octanol–water partition coefficient (Wildman–Crippen LogP) is 5.76. The van der Waals surface area contributed by atoms with Gasteiger partial charge >= 0.3 is 0 Å². The summed E-state index contributed by atoms with van der Waals surface area (Å²) < 4.78 is 6.28. The Morgan fingerprint density at radius 2 is 1.53 bits per heavy atom. The molecule has 154 valence electrons. The highest BCUT2D eigenvalue weighted by molar-refractivity contribution is 9.10. The van der Waals surface area contributed by atoms with E-state index in [9.17, 15) is 4.79 Å². The number of benzene rings is 3. The first kappa shape index (κ1) is 21.8. The van der Waals surface area contributed by atoms with Crippen LogP contribution >= 0.6 is 28.1 Å². The van der Waals surface area contributed by atoms with Gasteiger partial charge < -0.3 is 20.7 Å². The van der Waals surface area contributed by atoms with Crippen LogP contribution in [0.1, 0.15) is 28.9 Å². The van der Waals surface area contributed by atoms with Crippen molar-refractivity contribution in [2.75, 3.05) is 17.7 Å². The summed E-state index contributed by atoms with van der Waals surface area (Å²) in [5.41, 5.74) is 3.12. The number of carbonyl (C=O) groups excluding carboxylic acids is 1. The Kier molecular flexibility index (Phi) is 7.43. The van der Waals surface area contributed by atoms with Crippen molar-refractivity contribution in [3.05, 3.63) is 88.4 Å². The molecule has 0 bridgehead atoms. The third-order valence-corrected chi connectivity index (χ3v) is 5.22. The predicted molar refractivity (Wildman–Crippen MR) is 129 cm³/mol. The molecule has 0 aliphatic rings. The van der Waals surface area contributed by atoms with E-state index in [4.69, 9.17) is 17.0 Å².